The maximum absolute atomic E-state index is 14.3. The van der Waals surface area contributed by atoms with Crippen molar-refractivity contribution in [3.8, 4) is 5.75 Å². The summed E-state index contributed by atoms with van der Waals surface area (Å²) < 4.78 is 63.9. The molecule has 2 aromatic carbocycles. The summed E-state index contributed by atoms with van der Waals surface area (Å²) in [7, 11) is -3.86. The Balaban J connectivity index is 1.66. The molecule has 1 unspecified atom stereocenters. The van der Waals surface area contributed by atoms with Crippen LogP contribution in [0.15, 0.2) is 41.4 Å². The Kier molecular flexibility index (Phi) is 7.15. The van der Waals surface area contributed by atoms with Crippen LogP contribution >= 0.6 is 0 Å². The number of anilines is 1. The second kappa shape index (κ2) is 9.57. The molecule has 1 aliphatic heterocycles. The summed E-state index contributed by atoms with van der Waals surface area (Å²) in [4.78, 5) is 16.8. The highest BCUT2D eigenvalue weighted by molar-refractivity contribution is 7.92. The Hall–Kier alpha value is -3.21. The van der Waals surface area contributed by atoms with Gasteiger partial charge in [-0.05, 0) is 47.7 Å². The highest BCUT2D eigenvalue weighted by atomic mass is 32.2. The number of benzene rings is 2. The molecule has 8 nitrogen and oxygen atoms in total. The largest absolute Gasteiger partial charge is 0.448 e. The first kappa shape index (κ1) is 25.4. The summed E-state index contributed by atoms with van der Waals surface area (Å²) in [5.74, 6) is -2.20. The van der Waals surface area contributed by atoms with Crippen LogP contribution in [0.1, 0.15) is 44.9 Å². The molecule has 2 aromatic rings. The van der Waals surface area contributed by atoms with E-state index in [1.807, 2.05) is 18.2 Å². The molecule has 0 aromatic heterocycles. The van der Waals surface area contributed by atoms with Gasteiger partial charge in [0, 0.05) is 0 Å². The van der Waals surface area contributed by atoms with Crippen LogP contribution in [0.4, 0.5) is 14.5 Å². The monoisotopic (exact) mass is 495 g/mol. The Morgan fingerprint density at radius 1 is 1.21 bits per heavy atom. The highest BCUT2D eigenvalue weighted by Crippen LogP contribution is 2.27. The van der Waals surface area contributed by atoms with E-state index in [1.165, 1.54) is 6.92 Å². The van der Waals surface area contributed by atoms with Crippen molar-refractivity contribution in [3.05, 3.63) is 59.2 Å². The maximum Gasteiger partial charge on any atom is 0.390 e. The first-order chi connectivity index (χ1) is 15.7. The Morgan fingerprint density at radius 3 is 2.44 bits per heavy atom. The number of ether oxygens (including phenoxy) is 2. The minimum Gasteiger partial charge on any atom is -0.448 e. The van der Waals surface area contributed by atoms with Gasteiger partial charge in [0.05, 0.1) is 12.3 Å². The fourth-order valence-corrected chi connectivity index (χ4v) is 3.75. The van der Waals surface area contributed by atoms with Crippen LogP contribution < -0.4 is 14.8 Å². The smallest absolute Gasteiger partial charge is 0.390 e. The van der Waals surface area contributed by atoms with E-state index in [2.05, 4.69) is 31.1 Å². The van der Waals surface area contributed by atoms with E-state index in [1.54, 1.807) is 10.8 Å². The van der Waals surface area contributed by atoms with Crippen LogP contribution in [0.2, 0.25) is 0 Å². The number of nitrogens with one attached hydrogen (secondary N) is 2. The van der Waals surface area contributed by atoms with Gasteiger partial charge in [-0.1, -0.05) is 32.9 Å². The minimum absolute atomic E-state index is 0.0488. The number of hydrogen-bond donors (Lipinski definition) is 2. The van der Waals surface area contributed by atoms with E-state index in [0.29, 0.717) is 5.75 Å². The summed E-state index contributed by atoms with van der Waals surface area (Å²) in [6, 6.07) is 7.68. The fraction of sp³-hybridized carbons (Fsp3) is 0.391. The van der Waals surface area contributed by atoms with Crippen LogP contribution in [0.25, 0.3) is 0 Å². The van der Waals surface area contributed by atoms with Gasteiger partial charge >= 0.3 is 6.08 Å². The number of nitrogens with zero attached hydrogens (tertiary/aromatic N) is 1. The molecule has 184 valence electrons. The predicted octanol–water partition coefficient (Wildman–Crippen LogP) is 3.64. The van der Waals surface area contributed by atoms with Gasteiger partial charge in [0.25, 0.3) is 0 Å². The maximum atomic E-state index is 14.3. The number of rotatable bonds is 6. The van der Waals surface area contributed by atoms with E-state index in [4.69, 9.17) is 9.47 Å². The van der Waals surface area contributed by atoms with E-state index in [-0.39, 0.29) is 23.7 Å². The lowest BCUT2D eigenvalue weighted by Crippen LogP contribution is -2.36. The lowest BCUT2D eigenvalue weighted by atomic mass is 9.87. The van der Waals surface area contributed by atoms with Crippen molar-refractivity contribution < 1.29 is 31.5 Å². The summed E-state index contributed by atoms with van der Waals surface area (Å²) >= 11 is 0. The van der Waals surface area contributed by atoms with E-state index in [9.17, 15) is 22.0 Å². The normalized spacial score (nSPS) is 16.9. The van der Waals surface area contributed by atoms with E-state index >= 15 is 0 Å². The van der Waals surface area contributed by atoms with Crippen LogP contribution in [0, 0.1) is 11.6 Å². The standard InChI is InChI=1S/C23H27F2N3O5S/c1-13(14-9-17(24)20(18(25)10-14)28-34(5,30)31)26-21(29)19-12-32-22(27-19)33-16-8-6-7-15(11-16)23(2,3)4/h6-11,13,19,28H,12H2,1-5H3,(H,26,29)/t13-,19?/m1/s1. The molecule has 0 bridgehead atoms. The molecular formula is C23H27F2N3O5S. The Morgan fingerprint density at radius 2 is 1.85 bits per heavy atom. The molecule has 3 rings (SSSR count). The molecule has 0 saturated carbocycles. The third kappa shape index (κ3) is 6.43. The number of hydrogen-bond acceptors (Lipinski definition) is 6. The lowest BCUT2D eigenvalue weighted by molar-refractivity contribution is -0.123. The average molecular weight is 496 g/mol. The molecule has 0 fully saturated rings. The zero-order valence-electron chi connectivity index (χ0n) is 19.5. The first-order valence-corrected chi connectivity index (χ1v) is 12.4. The van der Waals surface area contributed by atoms with Crippen molar-refractivity contribution in [3.63, 3.8) is 0 Å². The van der Waals surface area contributed by atoms with E-state index < -0.39 is 45.3 Å². The molecular weight excluding hydrogens is 468 g/mol. The van der Waals surface area contributed by atoms with Gasteiger partial charge in [0.2, 0.25) is 15.9 Å². The van der Waals surface area contributed by atoms with Crippen molar-refractivity contribution >= 4 is 27.7 Å². The Bertz CT molecular complexity index is 1200. The van der Waals surface area contributed by atoms with Gasteiger partial charge in [0.1, 0.15) is 18.0 Å². The summed E-state index contributed by atoms with van der Waals surface area (Å²) in [6.45, 7) is 7.71. The SMILES string of the molecule is C[C@@H](NC(=O)C1COC(Oc2cccc(C(C)(C)C)c2)=N1)c1cc(F)c(NS(C)(=O)=O)c(F)c1. The molecule has 1 aliphatic rings. The zero-order valence-corrected chi connectivity index (χ0v) is 20.3. The van der Waals surface area contributed by atoms with Crippen molar-refractivity contribution in [2.24, 2.45) is 4.99 Å². The number of halogens is 2. The Labute approximate surface area is 197 Å². The van der Waals surface area contributed by atoms with Gasteiger partial charge in [-0.25, -0.2) is 17.2 Å². The fourth-order valence-electron chi connectivity index (χ4n) is 3.19. The van der Waals surface area contributed by atoms with Gasteiger partial charge in [0.15, 0.2) is 17.7 Å². The number of carbonyl (C=O) groups is 1. The summed E-state index contributed by atoms with van der Waals surface area (Å²) in [5, 5.41) is 2.62. The third-order valence-corrected chi connectivity index (χ3v) is 5.62. The number of carbonyl (C=O) groups excluding carboxylic acids is 1. The van der Waals surface area contributed by atoms with Gasteiger partial charge < -0.3 is 14.8 Å². The minimum atomic E-state index is -3.86. The van der Waals surface area contributed by atoms with Crippen LogP contribution in [-0.2, 0) is 25.0 Å². The van der Waals surface area contributed by atoms with Gasteiger partial charge in [-0.15, -0.1) is 0 Å². The molecule has 2 atom stereocenters. The molecule has 1 amide bonds. The second-order valence-electron chi connectivity index (χ2n) is 9.07. The van der Waals surface area contributed by atoms with E-state index in [0.717, 1.165) is 24.0 Å². The second-order valence-corrected chi connectivity index (χ2v) is 10.8. The highest BCUT2D eigenvalue weighted by Gasteiger charge is 2.29. The van der Waals surface area contributed by atoms with Gasteiger partial charge in [-0.2, -0.15) is 4.99 Å². The van der Waals surface area contributed by atoms with Crippen LogP contribution in [0.5, 0.6) is 5.75 Å². The molecule has 0 spiro atoms. The topological polar surface area (TPSA) is 106 Å². The number of aliphatic imine (C=N–C) groups is 1. The molecule has 0 saturated heterocycles. The van der Waals surface area contributed by atoms with Crippen molar-refractivity contribution in [2.75, 3.05) is 17.6 Å². The van der Waals surface area contributed by atoms with Crippen molar-refractivity contribution in [1.29, 1.82) is 0 Å². The quantitative estimate of drug-likeness (QED) is 0.637. The predicted molar refractivity (Wildman–Crippen MR) is 124 cm³/mol. The molecule has 1 heterocycles. The molecule has 34 heavy (non-hydrogen) atoms. The van der Waals surface area contributed by atoms with Crippen LogP contribution in [-0.4, -0.2) is 39.3 Å². The third-order valence-electron chi connectivity index (χ3n) is 5.04. The van der Waals surface area contributed by atoms with Crippen molar-refractivity contribution in [2.45, 2.75) is 45.2 Å². The molecule has 0 radical (unpaired) electrons. The van der Waals surface area contributed by atoms with Crippen LogP contribution in [0.3, 0.4) is 0 Å². The lowest BCUT2D eigenvalue weighted by Gasteiger charge is -2.19. The molecule has 2 N–H and O–H groups in total. The zero-order chi connectivity index (χ0) is 25.3. The molecule has 0 aliphatic carbocycles. The van der Waals surface area contributed by atoms with Gasteiger partial charge in [-0.3, -0.25) is 9.52 Å². The summed E-state index contributed by atoms with van der Waals surface area (Å²) in [5.41, 5.74) is 0.314. The van der Waals surface area contributed by atoms with Crippen molar-refractivity contribution in [1.82, 2.24) is 5.32 Å². The molecule has 11 heteroatoms. The first-order valence-electron chi connectivity index (χ1n) is 10.5. The summed E-state index contributed by atoms with van der Waals surface area (Å²) in [6.07, 6.45) is 0.735. The average Bonchev–Trinajstić information content (AvgIpc) is 3.18. The number of amides is 1. The number of sulfonamides is 1.